The normalized spacial score (nSPS) is 35.8. The molecule has 0 unspecified atom stereocenters. The fourth-order valence-electron chi connectivity index (χ4n) is 4.70. The standard InChI is InChI=1S/C19H35N3/c1-4-20-10-12-22(13-11-20)18-8-9-21(14-18)15-19-16(2)6-5-7-17(19)3/h6,17-19H,4-5,7-15H2,1-3H3/t17-,18+,19-/m0/s1. The lowest BCUT2D eigenvalue weighted by atomic mass is 9.80. The lowest BCUT2D eigenvalue weighted by Gasteiger charge is -2.38. The van der Waals surface area contributed by atoms with Crippen molar-refractivity contribution in [3.63, 3.8) is 0 Å². The monoisotopic (exact) mass is 305 g/mol. The lowest BCUT2D eigenvalue weighted by molar-refractivity contribution is 0.0994. The van der Waals surface area contributed by atoms with Gasteiger partial charge in [0, 0.05) is 45.3 Å². The molecule has 0 amide bonds. The molecular weight excluding hydrogens is 270 g/mol. The minimum Gasteiger partial charge on any atom is -0.301 e. The summed E-state index contributed by atoms with van der Waals surface area (Å²) in [7, 11) is 0. The maximum Gasteiger partial charge on any atom is 0.0236 e. The van der Waals surface area contributed by atoms with E-state index in [-0.39, 0.29) is 0 Å². The molecule has 2 saturated heterocycles. The zero-order chi connectivity index (χ0) is 15.5. The minimum absolute atomic E-state index is 0.810. The van der Waals surface area contributed by atoms with Gasteiger partial charge in [-0.05, 0) is 51.1 Å². The Hall–Kier alpha value is -0.380. The van der Waals surface area contributed by atoms with Crippen molar-refractivity contribution < 1.29 is 0 Å². The third-order valence-corrected chi connectivity index (χ3v) is 6.43. The summed E-state index contributed by atoms with van der Waals surface area (Å²) in [5.74, 6) is 1.68. The number of rotatable bonds is 4. The van der Waals surface area contributed by atoms with Crippen molar-refractivity contribution in [2.45, 2.75) is 46.1 Å². The van der Waals surface area contributed by atoms with Crippen LogP contribution in [0.5, 0.6) is 0 Å². The molecule has 22 heavy (non-hydrogen) atoms. The van der Waals surface area contributed by atoms with Crippen LogP contribution in [0.4, 0.5) is 0 Å². The minimum atomic E-state index is 0.810. The van der Waals surface area contributed by atoms with Gasteiger partial charge in [0.1, 0.15) is 0 Å². The molecular formula is C19H35N3. The van der Waals surface area contributed by atoms with E-state index in [0.717, 1.165) is 17.9 Å². The molecule has 0 radical (unpaired) electrons. The predicted octanol–water partition coefficient (Wildman–Crippen LogP) is 2.69. The van der Waals surface area contributed by atoms with E-state index >= 15 is 0 Å². The molecule has 0 saturated carbocycles. The fraction of sp³-hybridized carbons (Fsp3) is 0.895. The molecule has 2 heterocycles. The summed E-state index contributed by atoms with van der Waals surface area (Å²) in [6.07, 6.45) is 6.56. The van der Waals surface area contributed by atoms with E-state index in [1.54, 1.807) is 5.57 Å². The smallest absolute Gasteiger partial charge is 0.0236 e. The van der Waals surface area contributed by atoms with E-state index < -0.39 is 0 Å². The second-order valence-electron chi connectivity index (χ2n) is 7.78. The van der Waals surface area contributed by atoms with Crippen LogP contribution < -0.4 is 0 Å². The molecule has 3 heteroatoms. The van der Waals surface area contributed by atoms with Crippen molar-refractivity contribution in [2.75, 3.05) is 52.4 Å². The van der Waals surface area contributed by atoms with Crippen LogP contribution in [0.1, 0.15) is 40.0 Å². The molecule has 0 aromatic rings. The number of likely N-dealkylation sites (N-methyl/N-ethyl adjacent to an activating group) is 1. The summed E-state index contributed by atoms with van der Waals surface area (Å²) < 4.78 is 0. The SMILES string of the molecule is CCN1CCN([C@@H]2CCN(C[C@H]3C(C)=CCC[C@@H]3C)C2)CC1. The highest BCUT2D eigenvalue weighted by Crippen LogP contribution is 2.32. The Labute approximate surface area is 137 Å². The van der Waals surface area contributed by atoms with Crippen LogP contribution in [-0.2, 0) is 0 Å². The van der Waals surface area contributed by atoms with Gasteiger partial charge < -0.3 is 9.80 Å². The van der Waals surface area contributed by atoms with E-state index in [2.05, 4.69) is 41.5 Å². The Morgan fingerprint density at radius 1 is 1.05 bits per heavy atom. The van der Waals surface area contributed by atoms with Gasteiger partial charge in [0.15, 0.2) is 0 Å². The molecule has 3 aliphatic rings. The first-order valence-corrected chi connectivity index (χ1v) is 9.52. The van der Waals surface area contributed by atoms with Crippen molar-refractivity contribution >= 4 is 0 Å². The van der Waals surface area contributed by atoms with Crippen molar-refractivity contribution in [1.82, 2.24) is 14.7 Å². The number of likely N-dealkylation sites (tertiary alicyclic amines) is 1. The molecule has 0 aromatic carbocycles. The first-order chi connectivity index (χ1) is 10.7. The second kappa shape index (κ2) is 7.46. The Kier molecular flexibility index (Phi) is 5.59. The average molecular weight is 306 g/mol. The largest absolute Gasteiger partial charge is 0.301 e. The molecule has 2 aliphatic heterocycles. The maximum atomic E-state index is 2.76. The molecule has 0 bridgehead atoms. The molecule has 3 rings (SSSR count). The van der Waals surface area contributed by atoms with Crippen LogP contribution in [-0.4, -0.2) is 73.1 Å². The van der Waals surface area contributed by atoms with Gasteiger partial charge in [-0.15, -0.1) is 0 Å². The Bertz CT molecular complexity index is 384. The number of hydrogen-bond acceptors (Lipinski definition) is 3. The van der Waals surface area contributed by atoms with E-state index in [4.69, 9.17) is 0 Å². The van der Waals surface area contributed by atoms with E-state index in [9.17, 15) is 0 Å². The topological polar surface area (TPSA) is 9.72 Å². The second-order valence-corrected chi connectivity index (χ2v) is 7.78. The average Bonchev–Trinajstić information content (AvgIpc) is 3.00. The Balaban J connectivity index is 1.48. The predicted molar refractivity (Wildman–Crippen MR) is 94.2 cm³/mol. The number of piperazine rings is 1. The van der Waals surface area contributed by atoms with Crippen LogP contribution in [0.2, 0.25) is 0 Å². The third kappa shape index (κ3) is 3.74. The number of hydrogen-bond donors (Lipinski definition) is 0. The molecule has 0 N–H and O–H groups in total. The van der Waals surface area contributed by atoms with Crippen molar-refractivity contribution in [2.24, 2.45) is 11.8 Å². The first-order valence-electron chi connectivity index (χ1n) is 9.52. The highest BCUT2D eigenvalue weighted by molar-refractivity contribution is 5.09. The quantitative estimate of drug-likeness (QED) is 0.740. The maximum absolute atomic E-state index is 2.76. The van der Waals surface area contributed by atoms with Crippen molar-refractivity contribution in [3.8, 4) is 0 Å². The Morgan fingerprint density at radius 2 is 1.82 bits per heavy atom. The zero-order valence-corrected chi connectivity index (χ0v) is 14.9. The van der Waals surface area contributed by atoms with Gasteiger partial charge in [-0.1, -0.05) is 25.5 Å². The number of allylic oxidation sites excluding steroid dienone is 1. The van der Waals surface area contributed by atoms with Gasteiger partial charge in [0.05, 0.1) is 0 Å². The first kappa shape index (κ1) is 16.5. The molecule has 0 spiro atoms. The van der Waals surface area contributed by atoms with Gasteiger partial charge in [-0.3, -0.25) is 4.90 Å². The molecule has 3 nitrogen and oxygen atoms in total. The summed E-state index contributed by atoms with van der Waals surface area (Å²) in [6.45, 7) is 17.4. The van der Waals surface area contributed by atoms with Gasteiger partial charge in [-0.25, -0.2) is 0 Å². The third-order valence-electron chi connectivity index (χ3n) is 6.43. The zero-order valence-electron chi connectivity index (χ0n) is 14.9. The van der Waals surface area contributed by atoms with Crippen molar-refractivity contribution in [3.05, 3.63) is 11.6 Å². The highest BCUT2D eigenvalue weighted by atomic mass is 15.3. The molecule has 2 fully saturated rings. The van der Waals surface area contributed by atoms with Crippen LogP contribution in [0.3, 0.4) is 0 Å². The van der Waals surface area contributed by atoms with Gasteiger partial charge >= 0.3 is 0 Å². The van der Waals surface area contributed by atoms with Gasteiger partial charge in [0.2, 0.25) is 0 Å². The van der Waals surface area contributed by atoms with Gasteiger partial charge in [0.25, 0.3) is 0 Å². The molecule has 126 valence electrons. The summed E-state index contributed by atoms with van der Waals surface area (Å²) in [4.78, 5) is 8.10. The fourth-order valence-corrected chi connectivity index (χ4v) is 4.70. The van der Waals surface area contributed by atoms with E-state index in [1.807, 2.05) is 0 Å². The van der Waals surface area contributed by atoms with E-state index in [1.165, 1.54) is 71.6 Å². The van der Waals surface area contributed by atoms with Crippen molar-refractivity contribution in [1.29, 1.82) is 0 Å². The summed E-state index contributed by atoms with van der Waals surface area (Å²) in [5.41, 5.74) is 1.65. The van der Waals surface area contributed by atoms with Crippen LogP contribution in [0.25, 0.3) is 0 Å². The van der Waals surface area contributed by atoms with Gasteiger partial charge in [-0.2, -0.15) is 0 Å². The van der Waals surface area contributed by atoms with Crippen LogP contribution in [0.15, 0.2) is 11.6 Å². The summed E-state index contributed by atoms with van der Waals surface area (Å²) in [6, 6.07) is 0.821. The Morgan fingerprint density at radius 3 is 2.50 bits per heavy atom. The van der Waals surface area contributed by atoms with E-state index in [0.29, 0.717) is 0 Å². The molecule has 1 aliphatic carbocycles. The molecule has 3 atom stereocenters. The van der Waals surface area contributed by atoms with Crippen LogP contribution in [0, 0.1) is 11.8 Å². The number of nitrogens with zero attached hydrogens (tertiary/aromatic N) is 3. The lowest BCUT2D eigenvalue weighted by Crippen LogP contribution is -2.51. The summed E-state index contributed by atoms with van der Waals surface area (Å²) >= 11 is 0. The van der Waals surface area contributed by atoms with Crippen LogP contribution >= 0.6 is 0 Å². The summed E-state index contributed by atoms with van der Waals surface area (Å²) in [5, 5.41) is 0. The highest BCUT2D eigenvalue weighted by Gasteiger charge is 2.32. The molecule has 0 aromatic heterocycles.